The second kappa shape index (κ2) is 7.44. The van der Waals surface area contributed by atoms with E-state index in [-0.39, 0.29) is 12.3 Å². The van der Waals surface area contributed by atoms with Gasteiger partial charge in [0.15, 0.2) is 10.8 Å². The van der Waals surface area contributed by atoms with Crippen LogP contribution in [0.15, 0.2) is 52.3 Å². The van der Waals surface area contributed by atoms with Crippen LogP contribution in [0.1, 0.15) is 22.8 Å². The van der Waals surface area contributed by atoms with Crippen LogP contribution in [0.4, 0.5) is 5.69 Å². The topological polar surface area (TPSA) is 73.0 Å². The lowest BCUT2D eigenvalue weighted by molar-refractivity contribution is -0.115. The summed E-state index contributed by atoms with van der Waals surface area (Å²) in [6.07, 6.45) is 0.196. The Labute approximate surface area is 166 Å². The van der Waals surface area contributed by atoms with Crippen LogP contribution in [0, 0.1) is 20.8 Å². The predicted octanol–water partition coefficient (Wildman–Crippen LogP) is 4.70. The number of nitrogens with one attached hydrogen (secondary N) is 1. The van der Waals surface area contributed by atoms with Gasteiger partial charge in [-0.3, -0.25) is 4.79 Å². The zero-order valence-electron chi connectivity index (χ0n) is 15.9. The molecule has 0 saturated heterocycles. The van der Waals surface area contributed by atoms with Crippen molar-refractivity contribution in [3.63, 3.8) is 0 Å². The molecule has 0 spiro atoms. The third kappa shape index (κ3) is 3.75. The standard InChI is InChI=1S/C21H20N4O2S/c1-13-10-14(2)25(24-13)18-7-5-4-6-17(18)23-20(26)11-16-12-28-21(22-16)19-9-8-15(3)27-19/h4-10,12H,11H2,1-3H3,(H,23,26). The lowest BCUT2D eigenvalue weighted by Gasteiger charge is -2.12. The molecule has 7 heteroatoms. The van der Waals surface area contributed by atoms with Gasteiger partial charge in [-0.05, 0) is 51.1 Å². The molecular formula is C21H20N4O2S. The number of carbonyl (C=O) groups is 1. The van der Waals surface area contributed by atoms with E-state index in [1.54, 1.807) is 0 Å². The van der Waals surface area contributed by atoms with Gasteiger partial charge in [-0.15, -0.1) is 11.3 Å². The Morgan fingerprint density at radius 3 is 2.71 bits per heavy atom. The van der Waals surface area contributed by atoms with E-state index in [1.807, 2.05) is 73.3 Å². The summed E-state index contributed by atoms with van der Waals surface area (Å²) in [6, 6.07) is 13.4. The van der Waals surface area contributed by atoms with Crippen molar-refractivity contribution in [2.75, 3.05) is 5.32 Å². The van der Waals surface area contributed by atoms with Crippen LogP contribution in [0.5, 0.6) is 0 Å². The van der Waals surface area contributed by atoms with E-state index in [4.69, 9.17) is 4.42 Å². The van der Waals surface area contributed by atoms with Gasteiger partial charge in [0.25, 0.3) is 0 Å². The van der Waals surface area contributed by atoms with E-state index in [0.29, 0.717) is 0 Å². The number of anilines is 1. The fourth-order valence-corrected chi connectivity index (χ4v) is 3.83. The molecule has 0 aliphatic heterocycles. The number of furan rings is 1. The van der Waals surface area contributed by atoms with Crippen molar-refractivity contribution < 1.29 is 9.21 Å². The minimum Gasteiger partial charge on any atom is -0.459 e. The molecule has 0 bridgehead atoms. The first-order valence-corrected chi connectivity index (χ1v) is 9.81. The Morgan fingerprint density at radius 1 is 1.18 bits per heavy atom. The molecule has 3 aromatic heterocycles. The summed E-state index contributed by atoms with van der Waals surface area (Å²) in [4.78, 5) is 17.1. The lowest BCUT2D eigenvalue weighted by atomic mass is 10.2. The minimum atomic E-state index is -0.124. The number of amides is 1. The van der Waals surface area contributed by atoms with Crippen LogP contribution in [0.2, 0.25) is 0 Å². The largest absolute Gasteiger partial charge is 0.459 e. The number of thiazole rings is 1. The number of benzene rings is 1. The Kier molecular flexibility index (Phi) is 4.83. The summed E-state index contributed by atoms with van der Waals surface area (Å²) < 4.78 is 7.44. The molecular weight excluding hydrogens is 372 g/mol. The number of hydrogen-bond acceptors (Lipinski definition) is 5. The number of aromatic nitrogens is 3. The summed E-state index contributed by atoms with van der Waals surface area (Å²) in [6.45, 7) is 5.84. The molecule has 4 aromatic rings. The number of para-hydroxylation sites is 2. The highest BCUT2D eigenvalue weighted by Gasteiger charge is 2.14. The van der Waals surface area contributed by atoms with E-state index in [0.717, 1.165) is 45.0 Å². The molecule has 0 saturated carbocycles. The SMILES string of the molecule is Cc1cc(C)n(-c2ccccc2NC(=O)Cc2csc(-c3ccc(C)o3)n2)n1. The average molecular weight is 392 g/mol. The molecule has 0 fully saturated rings. The number of carbonyl (C=O) groups excluding carboxylic acids is 1. The first kappa shape index (κ1) is 18.2. The van der Waals surface area contributed by atoms with Gasteiger partial charge in [0.05, 0.1) is 29.2 Å². The lowest BCUT2D eigenvalue weighted by Crippen LogP contribution is -2.16. The Morgan fingerprint density at radius 2 is 2.00 bits per heavy atom. The zero-order chi connectivity index (χ0) is 19.7. The van der Waals surface area contributed by atoms with Crippen molar-refractivity contribution in [1.82, 2.24) is 14.8 Å². The maximum atomic E-state index is 12.6. The van der Waals surface area contributed by atoms with E-state index in [1.165, 1.54) is 11.3 Å². The fourth-order valence-electron chi connectivity index (χ4n) is 3.05. The Balaban J connectivity index is 1.51. The average Bonchev–Trinajstić information content (AvgIpc) is 3.36. The van der Waals surface area contributed by atoms with E-state index >= 15 is 0 Å². The third-order valence-corrected chi connectivity index (χ3v) is 5.17. The van der Waals surface area contributed by atoms with Gasteiger partial charge in [-0.1, -0.05) is 12.1 Å². The van der Waals surface area contributed by atoms with Crippen molar-refractivity contribution >= 4 is 22.9 Å². The highest BCUT2D eigenvalue weighted by atomic mass is 32.1. The minimum absolute atomic E-state index is 0.124. The van der Waals surface area contributed by atoms with Gasteiger partial charge in [-0.25, -0.2) is 9.67 Å². The van der Waals surface area contributed by atoms with E-state index in [2.05, 4.69) is 15.4 Å². The first-order chi connectivity index (χ1) is 13.5. The van der Waals surface area contributed by atoms with Crippen LogP contribution < -0.4 is 5.32 Å². The van der Waals surface area contributed by atoms with Gasteiger partial charge < -0.3 is 9.73 Å². The van der Waals surface area contributed by atoms with Crippen LogP contribution in [-0.2, 0) is 11.2 Å². The van der Waals surface area contributed by atoms with Gasteiger partial charge >= 0.3 is 0 Å². The second-order valence-electron chi connectivity index (χ2n) is 6.64. The first-order valence-electron chi connectivity index (χ1n) is 8.93. The maximum absolute atomic E-state index is 12.6. The molecule has 142 valence electrons. The van der Waals surface area contributed by atoms with Crippen molar-refractivity contribution in [3.05, 3.63) is 70.7 Å². The maximum Gasteiger partial charge on any atom is 0.230 e. The van der Waals surface area contributed by atoms with Crippen molar-refractivity contribution in [2.24, 2.45) is 0 Å². The van der Waals surface area contributed by atoms with Crippen molar-refractivity contribution in [2.45, 2.75) is 27.2 Å². The molecule has 0 aliphatic rings. The summed E-state index contributed by atoms with van der Waals surface area (Å²) in [5.74, 6) is 1.44. The van der Waals surface area contributed by atoms with Crippen molar-refractivity contribution in [3.8, 4) is 16.5 Å². The molecule has 4 rings (SSSR count). The Bertz CT molecular complexity index is 1140. The molecule has 1 N–H and O–H groups in total. The van der Waals surface area contributed by atoms with Gasteiger partial charge in [-0.2, -0.15) is 5.10 Å². The molecule has 0 atom stereocenters. The molecule has 0 unspecified atom stereocenters. The monoisotopic (exact) mass is 392 g/mol. The molecule has 28 heavy (non-hydrogen) atoms. The molecule has 0 radical (unpaired) electrons. The van der Waals surface area contributed by atoms with E-state index < -0.39 is 0 Å². The molecule has 3 heterocycles. The second-order valence-corrected chi connectivity index (χ2v) is 7.49. The number of rotatable bonds is 5. The molecule has 1 aromatic carbocycles. The molecule has 6 nitrogen and oxygen atoms in total. The van der Waals surface area contributed by atoms with Crippen molar-refractivity contribution in [1.29, 1.82) is 0 Å². The zero-order valence-corrected chi connectivity index (χ0v) is 16.7. The highest BCUT2D eigenvalue weighted by Crippen LogP contribution is 2.26. The highest BCUT2D eigenvalue weighted by molar-refractivity contribution is 7.13. The van der Waals surface area contributed by atoms with Crippen LogP contribution in [-0.4, -0.2) is 20.7 Å². The summed E-state index contributed by atoms with van der Waals surface area (Å²) in [7, 11) is 0. The van der Waals surface area contributed by atoms with Gasteiger partial charge in [0.1, 0.15) is 5.76 Å². The smallest absolute Gasteiger partial charge is 0.230 e. The van der Waals surface area contributed by atoms with E-state index in [9.17, 15) is 4.79 Å². The molecule has 1 amide bonds. The van der Waals surface area contributed by atoms with Crippen LogP contribution >= 0.6 is 11.3 Å². The number of hydrogen-bond donors (Lipinski definition) is 1. The number of aryl methyl sites for hydroxylation is 3. The summed E-state index contributed by atoms with van der Waals surface area (Å²) >= 11 is 1.47. The quantitative estimate of drug-likeness (QED) is 0.534. The van der Waals surface area contributed by atoms with Gasteiger partial charge in [0, 0.05) is 11.1 Å². The van der Waals surface area contributed by atoms with Crippen LogP contribution in [0.25, 0.3) is 16.5 Å². The summed E-state index contributed by atoms with van der Waals surface area (Å²) in [5, 5.41) is 10.2. The fraction of sp³-hybridized carbons (Fsp3) is 0.190. The Hall–Kier alpha value is -3.19. The van der Waals surface area contributed by atoms with Crippen LogP contribution in [0.3, 0.4) is 0 Å². The third-order valence-electron chi connectivity index (χ3n) is 4.26. The number of nitrogens with zero attached hydrogens (tertiary/aromatic N) is 3. The summed E-state index contributed by atoms with van der Waals surface area (Å²) in [5.41, 5.74) is 4.22. The normalized spacial score (nSPS) is 11.0. The predicted molar refractivity (Wildman–Crippen MR) is 110 cm³/mol. The van der Waals surface area contributed by atoms with Gasteiger partial charge in [0.2, 0.25) is 5.91 Å². The molecule has 0 aliphatic carbocycles.